The van der Waals surface area contributed by atoms with Crippen LogP contribution in [0.3, 0.4) is 0 Å². The number of carbonyl (C=O) groups excluding carboxylic acids is 2. The molecule has 1 aliphatic heterocycles. The number of fused-ring (bicyclic) bond motifs is 1. The molecule has 1 unspecified atom stereocenters. The Morgan fingerprint density at radius 2 is 1.83 bits per heavy atom. The van der Waals surface area contributed by atoms with Crippen LogP contribution in [0.15, 0.2) is 42.5 Å². The summed E-state index contributed by atoms with van der Waals surface area (Å²) in [5.74, 6) is -2.06. The Kier molecular flexibility index (Phi) is 7.23. The molecule has 0 saturated heterocycles. The van der Waals surface area contributed by atoms with Gasteiger partial charge in [0, 0.05) is 23.9 Å². The van der Waals surface area contributed by atoms with Crippen molar-refractivity contribution in [1.29, 1.82) is 0 Å². The number of primary amides is 1. The van der Waals surface area contributed by atoms with Gasteiger partial charge >= 0.3 is 5.97 Å². The van der Waals surface area contributed by atoms with Crippen molar-refractivity contribution in [1.82, 2.24) is 4.90 Å². The number of halogens is 1. The number of hydrogen-bond donors (Lipinski definition) is 2. The van der Waals surface area contributed by atoms with Crippen LogP contribution in [0.2, 0.25) is 0 Å². The molecule has 0 spiro atoms. The zero-order chi connectivity index (χ0) is 21.7. The summed E-state index contributed by atoms with van der Waals surface area (Å²) in [6.45, 7) is 0.966. The highest BCUT2D eigenvalue weighted by Crippen LogP contribution is 2.29. The van der Waals surface area contributed by atoms with Gasteiger partial charge in [0.1, 0.15) is 6.04 Å². The molecule has 1 atom stereocenters. The van der Waals surface area contributed by atoms with Crippen molar-refractivity contribution < 1.29 is 24.2 Å². The molecule has 0 aromatic heterocycles. The van der Waals surface area contributed by atoms with E-state index in [-0.39, 0.29) is 25.3 Å². The molecular formula is C22H23BrN2O5. The second-order valence-electron chi connectivity index (χ2n) is 7.17. The Labute approximate surface area is 182 Å². The van der Waals surface area contributed by atoms with Gasteiger partial charge in [-0.2, -0.15) is 0 Å². The third-order valence-corrected chi connectivity index (χ3v) is 5.78. The van der Waals surface area contributed by atoms with Crippen LogP contribution in [0.1, 0.15) is 45.5 Å². The van der Waals surface area contributed by atoms with Gasteiger partial charge in [0.2, 0.25) is 5.91 Å². The van der Waals surface area contributed by atoms with E-state index in [1.807, 2.05) is 30.3 Å². The molecule has 3 rings (SSSR count). The van der Waals surface area contributed by atoms with Gasteiger partial charge in [-0.1, -0.05) is 52.3 Å². The van der Waals surface area contributed by atoms with Crippen LogP contribution >= 0.6 is 15.9 Å². The second-order valence-corrected chi connectivity index (χ2v) is 7.73. The number of aliphatic carboxylic acids is 1. The third-order valence-electron chi connectivity index (χ3n) is 5.13. The number of carbonyl (C=O) groups is 3. The summed E-state index contributed by atoms with van der Waals surface area (Å²) >= 11 is 3.42. The molecule has 1 heterocycles. The molecule has 1 aliphatic rings. The minimum Gasteiger partial charge on any atom is -0.481 e. The van der Waals surface area contributed by atoms with Crippen LogP contribution in [-0.4, -0.2) is 33.8 Å². The summed E-state index contributed by atoms with van der Waals surface area (Å²) in [6, 6.07) is 12.5. The minimum atomic E-state index is -1.04. The van der Waals surface area contributed by atoms with E-state index in [4.69, 9.17) is 15.6 Å². The summed E-state index contributed by atoms with van der Waals surface area (Å²) in [7, 11) is 0. The average Bonchev–Trinajstić information content (AvgIpc) is 3.05. The van der Waals surface area contributed by atoms with Gasteiger partial charge in [-0.3, -0.25) is 14.4 Å². The number of rotatable bonds is 10. The number of carboxylic acids is 1. The Bertz CT molecular complexity index is 945. The van der Waals surface area contributed by atoms with E-state index in [0.717, 1.165) is 22.0 Å². The molecule has 8 heteroatoms. The fourth-order valence-corrected chi connectivity index (χ4v) is 3.89. The summed E-state index contributed by atoms with van der Waals surface area (Å²) in [5, 5.41) is 9.72. The van der Waals surface area contributed by atoms with Crippen LogP contribution in [0.5, 0.6) is 0 Å². The molecule has 158 valence electrons. The summed E-state index contributed by atoms with van der Waals surface area (Å²) in [4.78, 5) is 36.9. The maximum absolute atomic E-state index is 12.8. The number of nitrogens with zero attached hydrogens (tertiary/aromatic N) is 1. The van der Waals surface area contributed by atoms with Gasteiger partial charge in [-0.15, -0.1) is 0 Å². The SMILES string of the molecule is NC(=O)C(CCC(=O)O)N1Cc2c(COCc3ccc(CBr)cc3)cccc2C1=O. The molecule has 3 N–H and O–H groups in total. The first kappa shape index (κ1) is 22.0. The standard InChI is InChI=1S/C22H23BrN2O5/c23-10-14-4-6-15(7-5-14)12-30-13-16-2-1-3-17-18(16)11-25(22(17)29)19(21(24)28)8-9-20(26)27/h1-7,19H,8-13H2,(H2,24,28)(H,26,27). The van der Waals surface area contributed by atoms with Crippen LogP contribution in [0, 0.1) is 0 Å². The monoisotopic (exact) mass is 474 g/mol. The number of benzene rings is 2. The lowest BCUT2D eigenvalue weighted by molar-refractivity contribution is -0.137. The Morgan fingerprint density at radius 3 is 2.47 bits per heavy atom. The van der Waals surface area contributed by atoms with Crippen molar-refractivity contribution in [3.05, 3.63) is 70.3 Å². The average molecular weight is 475 g/mol. The first-order valence-corrected chi connectivity index (χ1v) is 10.7. The van der Waals surface area contributed by atoms with E-state index in [2.05, 4.69) is 15.9 Å². The fourth-order valence-electron chi connectivity index (χ4n) is 3.52. The summed E-state index contributed by atoms with van der Waals surface area (Å²) < 4.78 is 5.85. The molecule has 0 bridgehead atoms. The van der Waals surface area contributed by atoms with Crippen molar-refractivity contribution >= 4 is 33.7 Å². The topological polar surface area (TPSA) is 110 Å². The maximum Gasteiger partial charge on any atom is 0.303 e. The number of carboxylic acid groups (broad SMARTS) is 1. The van der Waals surface area contributed by atoms with E-state index >= 15 is 0 Å². The second kappa shape index (κ2) is 9.86. The maximum atomic E-state index is 12.8. The largest absolute Gasteiger partial charge is 0.481 e. The Hall–Kier alpha value is -2.71. The van der Waals surface area contributed by atoms with Gasteiger partial charge in [0.25, 0.3) is 5.91 Å². The van der Waals surface area contributed by atoms with E-state index in [1.165, 1.54) is 10.5 Å². The van der Waals surface area contributed by atoms with Crippen molar-refractivity contribution in [2.45, 2.75) is 44.0 Å². The highest BCUT2D eigenvalue weighted by atomic mass is 79.9. The number of nitrogens with two attached hydrogens (primary N) is 1. The lowest BCUT2D eigenvalue weighted by Gasteiger charge is -2.24. The van der Waals surface area contributed by atoms with Crippen molar-refractivity contribution in [3.63, 3.8) is 0 Å². The van der Waals surface area contributed by atoms with Crippen LogP contribution in [0.4, 0.5) is 0 Å². The molecule has 2 amide bonds. The smallest absolute Gasteiger partial charge is 0.303 e. The molecular weight excluding hydrogens is 452 g/mol. The molecule has 30 heavy (non-hydrogen) atoms. The number of alkyl halides is 1. The predicted octanol–water partition coefficient (Wildman–Crippen LogP) is 2.97. The van der Waals surface area contributed by atoms with Crippen LogP contribution < -0.4 is 5.73 Å². The van der Waals surface area contributed by atoms with Gasteiger partial charge < -0.3 is 20.5 Å². The van der Waals surface area contributed by atoms with Gasteiger partial charge in [0.15, 0.2) is 0 Å². The number of amides is 2. The van der Waals surface area contributed by atoms with E-state index in [1.54, 1.807) is 12.1 Å². The van der Waals surface area contributed by atoms with E-state index < -0.39 is 17.9 Å². The zero-order valence-electron chi connectivity index (χ0n) is 16.3. The predicted molar refractivity (Wildman–Crippen MR) is 114 cm³/mol. The third kappa shape index (κ3) is 5.06. The minimum absolute atomic E-state index is 0.0133. The molecule has 0 fully saturated rings. The Morgan fingerprint density at radius 1 is 1.13 bits per heavy atom. The molecule has 7 nitrogen and oxygen atoms in total. The number of hydrogen-bond acceptors (Lipinski definition) is 4. The van der Waals surface area contributed by atoms with Gasteiger partial charge in [-0.25, -0.2) is 0 Å². The molecule has 2 aromatic rings. The summed E-state index contributed by atoms with van der Waals surface area (Å²) in [6.07, 6.45) is -0.252. The van der Waals surface area contributed by atoms with E-state index in [9.17, 15) is 14.4 Å². The lowest BCUT2D eigenvalue weighted by atomic mass is 10.0. The van der Waals surface area contributed by atoms with Crippen molar-refractivity contribution in [2.24, 2.45) is 5.73 Å². The molecule has 0 aliphatic carbocycles. The normalized spacial score (nSPS) is 13.9. The quantitative estimate of drug-likeness (QED) is 0.514. The van der Waals surface area contributed by atoms with Gasteiger partial charge in [-0.05, 0) is 34.7 Å². The zero-order valence-corrected chi connectivity index (χ0v) is 17.9. The number of ether oxygens (including phenoxy) is 1. The van der Waals surface area contributed by atoms with Crippen molar-refractivity contribution in [3.8, 4) is 0 Å². The van der Waals surface area contributed by atoms with Crippen LogP contribution in [0.25, 0.3) is 0 Å². The first-order chi connectivity index (χ1) is 14.4. The Balaban J connectivity index is 1.69. The van der Waals surface area contributed by atoms with E-state index in [0.29, 0.717) is 18.8 Å². The molecule has 0 radical (unpaired) electrons. The van der Waals surface area contributed by atoms with Crippen LogP contribution in [-0.2, 0) is 39.4 Å². The molecule has 2 aromatic carbocycles. The molecule has 0 saturated carbocycles. The van der Waals surface area contributed by atoms with Gasteiger partial charge in [0.05, 0.1) is 13.2 Å². The highest BCUT2D eigenvalue weighted by molar-refractivity contribution is 9.08. The first-order valence-electron chi connectivity index (χ1n) is 9.55. The summed E-state index contributed by atoms with van der Waals surface area (Å²) in [5.41, 5.74) is 9.84. The fraction of sp³-hybridized carbons (Fsp3) is 0.318. The lowest BCUT2D eigenvalue weighted by Crippen LogP contribution is -2.45. The van der Waals surface area contributed by atoms with Crippen molar-refractivity contribution in [2.75, 3.05) is 0 Å². The highest BCUT2D eigenvalue weighted by Gasteiger charge is 2.36.